The number of hydrogen-bond donors (Lipinski definition) is 1. The molecular weight excluding hydrogens is 348 g/mol. The van der Waals surface area contributed by atoms with Crippen molar-refractivity contribution in [3.8, 4) is 5.69 Å². The molecule has 0 saturated carbocycles. The Labute approximate surface area is 158 Å². The van der Waals surface area contributed by atoms with Gasteiger partial charge in [0.25, 0.3) is 5.91 Å². The van der Waals surface area contributed by atoms with Crippen molar-refractivity contribution in [2.75, 3.05) is 26.3 Å². The molecule has 1 heterocycles. The van der Waals surface area contributed by atoms with Gasteiger partial charge in [-0.15, -0.1) is 0 Å². The topological polar surface area (TPSA) is 97.6 Å². The summed E-state index contributed by atoms with van der Waals surface area (Å²) in [4.78, 5) is 29.8. The van der Waals surface area contributed by atoms with Crippen molar-refractivity contribution in [2.24, 2.45) is 5.92 Å². The number of hydrogen-bond acceptors (Lipinski definition) is 5. The number of amides is 1. The van der Waals surface area contributed by atoms with Crippen molar-refractivity contribution in [1.82, 2.24) is 19.7 Å². The number of carbonyl (C=O) groups is 2. The zero-order valence-electron chi connectivity index (χ0n) is 16.0. The summed E-state index contributed by atoms with van der Waals surface area (Å²) in [7, 11) is 0. The molecular formula is C19H26N4O4. The Hall–Kier alpha value is -2.74. The summed E-state index contributed by atoms with van der Waals surface area (Å²) < 4.78 is 6.95. The zero-order valence-corrected chi connectivity index (χ0v) is 16.0. The Morgan fingerprint density at radius 2 is 2.15 bits per heavy atom. The van der Waals surface area contributed by atoms with E-state index in [9.17, 15) is 14.7 Å². The maximum absolute atomic E-state index is 13.0. The first-order chi connectivity index (χ1) is 12.9. The number of benzene rings is 1. The van der Waals surface area contributed by atoms with Gasteiger partial charge in [-0.1, -0.05) is 6.92 Å². The first-order valence-electron chi connectivity index (χ1n) is 8.99. The van der Waals surface area contributed by atoms with Gasteiger partial charge in [-0.2, -0.15) is 5.10 Å². The van der Waals surface area contributed by atoms with Crippen LogP contribution >= 0.6 is 0 Å². The van der Waals surface area contributed by atoms with E-state index in [2.05, 4.69) is 10.1 Å². The lowest BCUT2D eigenvalue weighted by molar-refractivity contribution is -0.141. The summed E-state index contributed by atoms with van der Waals surface area (Å²) in [5.41, 5.74) is 2.15. The van der Waals surface area contributed by atoms with Crippen molar-refractivity contribution in [3.05, 3.63) is 42.0 Å². The molecule has 0 aliphatic heterocycles. The minimum absolute atomic E-state index is 0.157. The fourth-order valence-electron chi connectivity index (χ4n) is 2.73. The molecule has 1 N–H and O–H groups in total. The maximum Gasteiger partial charge on any atom is 0.308 e. The third-order valence-electron chi connectivity index (χ3n) is 4.25. The Kier molecular flexibility index (Phi) is 7.48. The number of ether oxygens (including phenoxy) is 1. The van der Waals surface area contributed by atoms with Gasteiger partial charge in [0.2, 0.25) is 0 Å². The van der Waals surface area contributed by atoms with Crippen LogP contribution in [0.5, 0.6) is 0 Å². The van der Waals surface area contributed by atoms with E-state index in [0.29, 0.717) is 31.7 Å². The molecule has 0 radical (unpaired) electrons. The summed E-state index contributed by atoms with van der Waals surface area (Å²) >= 11 is 0. The summed E-state index contributed by atoms with van der Waals surface area (Å²) in [6.45, 7) is 7.12. The maximum atomic E-state index is 13.0. The van der Waals surface area contributed by atoms with Crippen LogP contribution in [0.3, 0.4) is 0 Å². The fourth-order valence-corrected chi connectivity index (χ4v) is 2.73. The highest BCUT2D eigenvalue weighted by molar-refractivity contribution is 5.96. The smallest absolute Gasteiger partial charge is 0.308 e. The molecule has 0 saturated heterocycles. The molecule has 8 heteroatoms. The standard InChI is InChI=1S/C19H26N4O4/c1-4-27-9-5-8-22(11-15(3)19(25)26)18(24)17-7-6-16(10-14(17)2)23-13-20-12-21-23/h6-7,10,12-13,15H,4-5,8-9,11H2,1-3H3,(H,25,26). The predicted molar refractivity (Wildman–Crippen MR) is 99.9 cm³/mol. The van der Waals surface area contributed by atoms with E-state index in [1.54, 1.807) is 35.0 Å². The van der Waals surface area contributed by atoms with E-state index in [1.807, 2.05) is 19.9 Å². The van der Waals surface area contributed by atoms with E-state index in [-0.39, 0.29) is 12.5 Å². The van der Waals surface area contributed by atoms with Gasteiger partial charge < -0.3 is 14.7 Å². The van der Waals surface area contributed by atoms with Crippen molar-refractivity contribution < 1.29 is 19.4 Å². The predicted octanol–water partition coefficient (Wildman–Crippen LogP) is 2.17. The molecule has 0 spiro atoms. The molecule has 0 bridgehead atoms. The van der Waals surface area contributed by atoms with Gasteiger partial charge in [0, 0.05) is 31.9 Å². The molecule has 1 amide bonds. The highest BCUT2D eigenvalue weighted by Crippen LogP contribution is 2.17. The Morgan fingerprint density at radius 1 is 1.37 bits per heavy atom. The normalized spacial score (nSPS) is 12.0. The molecule has 146 valence electrons. The van der Waals surface area contributed by atoms with Gasteiger partial charge in [-0.25, -0.2) is 9.67 Å². The number of aryl methyl sites for hydroxylation is 1. The van der Waals surface area contributed by atoms with E-state index in [1.165, 1.54) is 6.33 Å². The van der Waals surface area contributed by atoms with Gasteiger partial charge in [-0.3, -0.25) is 9.59 Å². The molecule has 2 rings (SSSR count). The van der Waals surface area contributed by atoms with Crippen molar-refractivity contribution in [3.63, 3.8) is 0 Å². The van der Waals surface area contributed by atoms with Crippen LogP contribution in [0.1, 0.15) is 36.2 Å². The highest BCUT2D eigenvalue weighted by atomic mass is 16.5. The summed E-state index contributed by atoms with van der Waals surface area (Å²) in [5, 5.41) is 13.3. The Morgan fingerprint density at radius 3 is 2.74 bits per heavy atom. The number of rotatable bonds is 10. The van der Waals surface area contributed by atoms with Crippen LogP contribution in [0.2, 0.25) is 0 Å². The number of aromatic nitrogens is 3. The number of carboxylic acid groups (broad SMARTS) is 1. The van der Waals surface area contributed by atoms with Crippen LogP contribution in [0.15, 0.2) is 30.9 Å². The van der Waals surface area contributed by atoms with Crippen LogP contribution in [0, 0.1) is 12.8 Å². The zero-order chi connectivity index (χ0) is 19.8. The van der Waals surface area contributed by atoms with Crippen LogP contribution in [0.4, 0.5) is 0 Å². The van der Waals surface area contributed by atoms with Gasteiger partial charge in [0.15, 0.2) is 0 Å². The molecule has 2 aromatic rings. The lowest BCUT2D eigenvalue weighted by Gasteiger charge is -2.25. The van der Waals surface area contributed by atoms with Crippen molar-refractivity contribution in [2.45, 2.75) is 27.2 Å². The third kappa shape index (κ3) is 5.62. The van der Waals surface area contributed by atoms with E-state index in [4.69, 9.17) is 4.74 Å². The second-order valence-corrected chi connectivity index (χ2v) is 6.38. The van der Waals surface area contributed by atoms with Crippen molar-refractivity contribution >= 4 is 11.9 Å². The second kappa shape index (κ2) is 9.82. The first-order valence-corrected chi connectivity index (χ1v) is 8.99. The number of aliphatic carboxylic acids is 1. The van der Waals surface area contributed by atoms with Crippen LogP contribution in [-0.2, 0) is 9.53 Å². The summed E-state index contributed by atoms with van der Waals surface area (Å²) in [6, 6.07) is 5.41. The van der Waals surface area contributed by atoms with Gasteiger partial charge in [0.05, 0.1) is 11.6 Å². The average Bonchev–Trinajstić information content (AvgIpc) is 3.18. The second-order valence-electron chi connectivity index (χ2n) is 6.38. The SMILES string of the molecule is CCOCCCN(CC(C)C(=O)O)C(=O)c1ccc(-n2cncn2)cc1C. The molecule has 8 nitrogen and oxygen atoms in total. The molecule has 0 aliphatic carbocycles. The highest BCUT2D eigenvalue weighted by Gasteiger charge is 2.22. The number of nitrogens with zero attached hydrogens (tertiary/aromatic N) is 4. The molecule has 0 aliphatic rings. The Bertz CT molecular complexity index is 761. The minimum Gasteiger partial charge on any atom is -0.481 e. The number of carbonyl (C=O) groups excluding carboxylic acids is 1. The van der Waals surface area contributed by atoms with Gasteiger partial charge in [0.1, 0.15) is 12.7 Å². The van der Waals surface area contributed by atoms with E-state index < -0.39 is 11.9 Å². The molecule has 1 unspecified atom stereocenters. The van der Waals surface area contributed by atoms with E-state index >= 15 is 0 Å². The minimum atomic E-state index is -0.920. The molecule has 0 fully saturated rings. The van der Waals surface area contributed by atoms with E-state index in [0.717, 1.165) is 11.3 Å². The first kappa shape index (κ1) is 20.6. The Balaban J connectivity index is 2.18. The largest absolute Gasteiger partial charge is 0.481 e. The van der Waals surface area contributed by atoms with Crippen LogP contribution < -0.4 is 0 Å². The third-order valence-corrected chi connectivity index (χ3v) is 4.25. The van der Waals surface area contributed by atoms with Gasteiger partial charge in [-0.05, 0) is 44.0 Å². The van der Waals surface area contributed by atoms with Crippen molar-refractivity contribution in [1.29, 1.82) is 0 Å². The van der Waals surface area contributed by atoms with Gasteiger partial charge >= 0.3 is 5.97 Å². The fraction of sp³-hybridized carbons (Fsp3) is 0.474. The summed E-state index contributed by atoms with van der Waals surface area (Å²) in [6.07, 6.45) is 3.69. The average molecular weight is 374 g/mol. The summed E-state index contributed by atoms with van der Waals surface area (Å²) in [5.74, 6) is -1.74. The lowest BCUT2D eigenvalue weighted by Crippen LogP contribution is -2.38. The molecule has 1 aromatic carbocycles. The monoisotopic (exact) mass is 374 g/mol. The van der Waals surface area contributed by atoms with Crippen LogP contribution in [0.25, 0.3) is 5.69 Å². The number of carboxylic acids is 1. The molecule has 1 atom stereocenters. The molecule has 1 aromatic heterocycles. The lowest BCUT2D eigenvalue weighted by atomic mass is 10.0. The molecule has 27 heavy (non-hydrogen) atoms. The van der Waals surface area contributed by atoms with Crippen LogP contribution in [-0.4, -0.2) is 63.0 Å². The quantitative estimate of drug-likeness (QED) is 0.640.